The van der Waals surface area contributed by atoms with Gasteiger partial charge < -0.3 is 5.32 Å². The lowest BCUT2D eigenvalue weighted by Crippen LogP contribution is -2.19. The zero-order valence-corrected chi connectivity index (χ0v) is 9.32. The molecule has 0 amide bonds. The molecule has 2 heteroatoms. The van der Waals surface area contributed by atoms with Gasteiger partial charge >= 0.3 is 0 Å². The summed E-state index contributed by atoms with van der Waals surface area (Å²) in [6, 6.07) is 5.01. The maximum absolute atomic E-state index is 13.0. The normalized spacial score (nSPS) is 11.5. The highest BCUT2D eigenvalue weighted by atomic mass is 19.1. The van der Waals surface area contributed by atoms with Crippen molar-refractivity contribution in [1.29, 1.82) is 0 Å². The van der Waals surface area contributed by atoms with Crippen LogP contribution in [0.1, 0.15) is 26.3 Å². The lowest BCUT2D eigenvalue weighted by atomic mass is 9.97. The third kappa shape index (κ3) is 3.77. The zero-order chi connectivity index (χ0) is 10.8. The second kappa shape index (κ2) is 3.99. The Bertz CT molecular complexity index is 292. The Morgan fingerprint density at radius 3 is 2.36 bits per heavy atom. The van der Waals surface area contributed by atoms with Crippen LogP contribution in [0.2, 0.25) is 0 Å². The fraction of sp³-hybridized carbons (Fsp3) is 0.500. The van der Waals surface area contributed by atoms with Gasteiger partial charge in [-0.2, -0.15) is 0 Å². The van der Waals surface area contributed by atoms with E-state index in [-0.39, 0.29) is 11.2 Å². The number of aryl methyl sites for hydroxylation is 1. The molecule has 0 bridgehead atoms. The van der Waals surface area contributed by atoms with Gasteiger partial charge in [0.2, 0.25) is 0 Å². The topological polar surface area (TPSA) is 12.0 Å². The van der Waals surface area contributed by atoms with E-state index in [1.165, 1.54) is 12.1 Å². The highest BCUT2D eigenvalue weighted by Crippen LogP contribution is 2.17. The molecule has 1 aromatic carbocycles. The molecule has 78 valence electrons. The summed E-state index contributed by atoms with van der Waals surface area (Å²) in [5, 5.41) is 3.23. The highest BCUT2D eigenvalue weighted by molar-refractivity contribution is 5.46. The average molecular weight is 195 g/mol. The van der Waals surface area contributed by atoms with Crippen LogP contribution in [-0.2, 0) is 0 Å². The predicted octanol–water partition coefficient (Wildman–Crippen LogP) is 3.59. The zero-order valence-electron chi connectivity index (χ0n) is 9.32. The first-order valence-corrected chi connectivity index (χ1v) is 4.88. The van der Waals surface area contributed by atoms with Crippen LogP contribution in [0.5, 0.6) is 0 Å². The minimum atomic E-state index is -0.179. The Hall–Kier alpha value is -1.05. The van der Waals surface area contributed by atoms with E-state index in [1.807, 2.05) is 13.0 Å². The van der Waals surface area contributed by atoms with Gasteiger partial charge in [-0.3, -0.25) is 0 Å². The molecule has 1 rings (SSSR count). The van der Waals surface area contributed by atoms with Gasteiger partial charge in [0.05, 0.1) is 0 Å². The van der Waals surface area contributed by atoms with E-state index in [0.29, 0.717) is 0 Å². The summed E-state index contributed by atoms with van der Waals surface area (Å²) >= 11 is 0. The van der Waals surface area contributed by atoms with Crippen molar-refractivity contribution < 1.29 is 4.39 Å². The van der Waals surface area contributed by atoms with Crippen molar-refractivity contribution in [1.82, 2.24) is 0 Å². The standard InChI is InChI=1S/C12H18FN/c1-9-5-10(13)7-11(6-9)14-8-12(2,3)4/h5-7,14H,8H2,1-4H3. The van der Waals surface area contributed by atoms with E-state index >= 15 is 0 Å². The number of rotatable bonds is 2. The number of anilines is 1. The summed E-state index contributed by atoms with van der Waals surface area (Å²) in [6.07, 6.45) is 0. The third-order valence-corrected chi connectivity index (χ3v) is 1.86. The summed E-state index contributed by atoms with van der Waals surface area (Å²) in [4.78, 5) is 0. The van der Waals surface area contributed by atoms with Crippen molar-refractivity contribution in [2.75, 3.05) is 11.9 Å². The molecule has 0 saturated carbocycles. The minimum absolute atomic E-state index is 0.179. The largest absolute Gasteiger partial charge is 0.384 e. The SMILES string of the molecule is Cc1cc(F)cc(NCC(C)(C)C)c1. The van der Waals surface area contributed by atoms with Gasteiger partial charge in [0.15, 0.2) is 0 Å². The lowest BCUT2D eigenvalue weighted by molar-refractivity contribution is 0.443. The third-order valence-electron chi connectivity index (χ3n) is 1.86. The smallest absolute Gasteiger partial charge is 0.125 e. The number of benzene rings is 1. The maximum Gasteiger partial charge on any atom is 0.125 e. The molecule has 0 spiro atoms. The van der Waals surface area contributed by atoms with Crippen LogP contribution in [0, 0.1) is 18.2 Å². The molecular weight excluding hydrogens is 177 g/mol. The molecule has 0 fully saturated rings. The van der Waals surface area contributed by atoms with Gasteiger partial charge in [0.1, 0.15) is 5.82 Å². The van der Waals surface area contributed by atoms with Crippen LogP contribution >= 0.6 is 0 Å². The minimum Gasteiger partial charge on any atom is -0.384 e. The van der Waals surface area contributed by atoms with E-state index in [0.717, 1.165) is 17.8 Å². The van der Waals surface area contributed by atoms with Crippen LogP contribution in [0.15, 0.2) is 18.2 Å². The van der Waals surface area contributed by atoms with Gasteiger partial charge in [0.25, 0.3) is 0 Å². The number of halogens is 1. The Morgan fingerprint density at radius 2 is 1.86 bits per heavy atom. The summed E-state index contributed by atoms with van der Waals surface area (Å²) in [5.74, 6) is -0.179. The van der Waals surface area contributed by atoms with E-state index in [1.54, 1.807) is 0 Å². The van der Waals surface area contributed by atoms with Gasteiger partial charge in [-0.25, -0.2) is 4.39 Å². The lowest BCUT2D eigenvalue weighted by Gasteiger charge is -2.19. The molecule has 0 unspecified atom stereocenters. The molecule has 1 N–H and O–H groups in total. The monoisotopic (exact) mass is 195 g/mol. The number of hydrogen-bond acceptors (Lipinski definition) is 1. The Morgan fingerprint density at radius 1 is 1.21 bits per heavy atom. The first kappa shape index (κ1) is 11.0. The number of hydrogen-bond donors (Lipinski definition) is 1. The van der Waals surface area contributed by atoms with Crippen molar-refractivity contribution in [3.63, 3.8) is 0 Å². The van der Waals surface area contributed by atoms with Crippen molar-refractivity contribution in [2.45, 2.75) is 27.7 Å². The first-order valence-electron chi connectivity index (χ1n) is 4.88. The molecule has 1 aromatic rings. The second-order valence-electron chi connectivity index (χ2n) is 4.93. The van der Waals surface area contributed by atoms with Gasteiger partial charge in [-0.05, 0) is 36.1 Å². The van der Waals surface area contributed by atoms with Crippen LogP contribution in [0.25, 0.3) is 0 Å². The van der Waals surface area contributed by atoms with Gasteiger partial charge in [-0.1, -0.05) is 20.8 Å². The molecule has 0 aliphatic carbocycles. The molecule has 0 aromatic heterocycles. The molecule has 0 heterocycles. The fourth-order valence-electron chi connectivity index (χ4n) is 1.21. The average Bonchev–Trinajstić information content (AvgIpc) is 1.97. The number of nitrogens with one attached hydrogen (secondary N) is 1. The van der Waals surface area contributed by atoms with Crippen molar-refractivity contribution in [2.24, 2.45) is 5.41 Å². The van der Waals surface area contributed by atoms with Gasteiger partial charge in [-0.15, -0.1) is 0 Å². The summed E-state index contributed by atoms with van der Waals surface area (Å²) in [7, 11) is 0. The van der Waals surface area contributed by atoms with E-state index < -0.39 is 0 Å². The van der Waals surface area contributed by atoms with Crippen molar-refractivity contribution in [3.8, 4) is 0 Å². The molecule has 0 radical (unpaired) electrons. The molecule has 1 nitrogen and oxygen atoms in total. The van der Waals surface area contributed by atoms with Crippen molar-refractivity contribution in [3.05, 3.63) is 29.6 Å². The van der Waals surface area contributed by atoms with Crippen LogP contribution in [-0.4, -0.2) is 6.54 Å². The predicted molar refractivity (Wildman–Crippen MR) is 59.1 cm³/mol. The van der Waals surface area contributed by atoms with Crippen LogP contribution in [0.4, 0.5) is 10.1 Å². The van der Waals surface area contributed by atoms with Gasteiger partial charge in [0, 0.05) is 12.2 Å². The van der Waals surface area contributed by atoms with E-state index in [2.05, 4.69) is 26.1 Å². The quantitative estimate of drug-likeness (QED) is 0.760. The Labute approximate surface area is 85.3 Å². The summed E-state index contributed by atoms with van der Waals surface area (Å²) in [5.41, 5.74) is 2.01. The van der Waals surface area contributed by atoms with Crippen LogP contribution in [0.3, 0.4) is 0 Å². The summed E-state index contributed by atoms with van der Waals surface area (Å²) < 4.78 is 13.0. The Kier molecular flexibility index (Phi) is 3.14. The molecular formula is C12H18FN. The summed E-state index contributed by atoms with van der Waals surface area (Å²) in [6.45, 7) is 9.17. The molecule has 0 aliphatic heterocycles. The maximum atomic E-state index is 13.0. The first-order chi connectivity index (χ1) is 6.37. The molecule has 0 atom stereocenters. The Balaban J connectivity index is 2.68. The van der Waals surface area contributed by atoms with E-state index in [4.69, 9.17) is 0 Å². The highest BCUT2D eigenvalue weighted by Gasteiger charge is 2.09. The fourth-order valence-corrected chi connectivity index (χ4v) is 1.21. The molecule has 0 saturated heterocycles. The second-order valence-corrected chi connectivity index (χ2v) is 4.93. The van der Waals surface area contributed by atoms with Crippen LogP contribution < -0.4 is 5.32 Å². The van der Waals surface area contributed by atoms with E-state index in [9.17, 15) is 4.39 Å². The molecule has 0 aliphatic rings. The van der Waals surface area contributed by atoms with Crippen molar-refractivity contribution >= 4 is 5.69 Å². The molecule has 14 heavy (non-hydrogen) atoms.